The van der Waals surface area contributed by atoms with Gasteiger partial charge in [0.25, 0.3) is 0 Å². The second-order valence-corrected chi connectivity index (χ2v) is 7.48. The smallest absolute Gasteiger partial charge is 0.320 e. The minimum atomic E-state index is -0.137. The molecule has 0 aromatic heterocycles. The number of benzene rings is 1. The third kappa shape index (κ3) is 4.46. The maximum Gasteiger partial charge on any atom is 0.320 e. The predicted molar refractivity (Wildman–Crippen MR) is 98.5 cm³/mol. The number of hydrogen-bond acceptors (Lipinski definition) is 2. The summed E-state index contributed by atoms with van der Waals surface area (Å²) in [7, 11) is 0. The maximum absolute atomic E-state index is 12.7. The van der Waals surface area contributed by atoms with Gasteiger partial charge in [-0.1, -0.05) is 23.7 Å². The highest BCUT2D eigenvalue weighted by Gasteiger charge is 2.31. The first-order chi connectivity index (χ1) is 12.0. The van der Waals surface area contributed by atoms with E-state index in [9.17, 15) is 9.59 Å². The molecule has 5 nitrogen and oxygen atoms in total. The van der Waals surface area contributed by atoms with Crippen LogP contribution in [-0.2, 0) is 4.79 Å². The van der Waals surface area contributed by atoms with Crippen molar-refractivity contribution in [2.75, 3.05) is 26.2 Å². The summed E-state index contributed by atoms with van der Waals surface area (Å²) in [6.45, 7) is 4.92. The lowest BCUT2D eigenvalue weighted by molar-refractivity contribution is -0.127. The molecule has 2 heterocycles. The van der Waals surface area contributed by atoms with Crippen LogP contribution in [0.4, 0.5) is 4.79 Å². The van der Waals surface area contributed by atoms with Gasteiger partial charge in [-0.25, -0.2) is 4.79 Å². The second-order valence-electron chi connectivity index (χ2n) is 7.05. The number of likely N-dealkylation sites (tertiary alicyclic amines) is 2. The van der Waals surface area contributed by atoms with Gasteiger partial charge < -0.3 is 15.1 Å². The first kappa shape index (κ1) is 18.1. The molecule has 2 saturated heterocycles. The quantitative estimate of drug-likeness (QED) is 0.894. The van der Waals surface area contributed by atoms with E-state index in [0.717, 1.165) is 50.9 Å². The molecule has 0 spiro atoms. The van der Waals surface area contributed by atoms with Crippen molar-refractivity contribution in [3.05, 3.63) is 34.9 Å². The van der Waals surface area contributed by atoms with Gasteiger partial charge in [-0.05, 0) is 50.3 Å². The van der Waals surface area contributed by atoms with Gasteiger partial charge in [-0.2, -0.15) is 0 Å². The minimum absolute atomic E-state index is 0.0198. The third-order valence-corrected chi connectivity index (χ3v) is 5.38. The summed E-state index contributed by atoms with van der Waals surface area (Å²) in [6.07, 6.45) is 3.88. The molecule has 0 saturated carbocycles. The summed E-state index contributed by atoms with van der Waals surface area (Å²) < 4.78 is 0. The number of amides is 3. The number of nitrogens with one attached hydrogen (secondary N) is 1. The lowest BCUT2D eigenvalue weighted by atomic mass is 9.96. The molecule has 3 amide bonds. The Kier molecular flexibility index (Phi) is 5.84. The van der Waals surface area contributed by atoms with Gasteiger partial charge in [0.2, 0.25) is 5.91 Å². The molecule has 3 rings (SSSR count). The van der Waals surface area contributed by atoms with Crippen molar-refractivity contribution < 1.29 is 9.59 Å². The SMILES string of the molecule is C[C@H](NC(=O)[C@H]1CCCN(C(=O)N2CCCC2)C1)c1cccc(Cl)c1. The van der Waals surface area contributed by atoms with Gasteiger partial charge in [0, 0.05) is 31.2 Å². The molecule has 1 N–H and O–H groups in total. The summed E-state index contributed by atoms with van der Waals surface area (Å²) in [5, 5.41) is 3.74. The van der Waals surface area contributed by atoms with Crippen LogP contribution < -0.4 is 5.32 Å². The lowest BCUT2D eigenvalue weighted by Gasteiger charge is -2.35. The van der Waals surface area contributed by atoms with Gasteiger partial charge >= 0.3 is 6.03 Å². The number of nitrogens with zero attached hydrogens (tertiary/aromatic N) is 2. The first-order valence-corrected chi connectivity index (χ1v) is 9.52. The number of piperidine rings is 1. The summed E-state index contributed by atoms with van der Waals surface area (Å²) in [5.41, 5.74) is 0.988. The zero-order chi connectivity index (χ0) is 17.8. The van der Waals surface area contributed by atoms with E-state index < -0.39 is 0 Å². The summed E-state index contributed by atoms with van der Waals surface area (Å²) in [5.74, 6) is -0.117. The van der Waals surface area contributed by atoms with E-state index in [1.165, 1.54) is 0 Å². The molecule has 2 aliphatic heterocycles. The Morgan fingerprint density at radius 3 is 2.60 bits per heavy atom. The molecule has 25 heavy (non-hydrogen) atoms. The van der Waals surface area contributed by atoms with E-state index >= 15 is 0 Å². The van der Waals surface area contributed by atoms with Crippen LogP contribution in [-0.4, -0.2) is 47.9 Å². The average Bonchev–Trinajstić information content (AvgIpc) is 3.15. The van der Waals surface area contributed by atoms with E-state index in [1.807, 2.05) is 41.0 Å². The molecule has 136 valence electrons. The number of halogens is 1. The third-order valence-electron chi connectivity index (χ3n) is 5.15. The molecule has 6 heteroatoms. The summed E-state index contributed by atoms with van der Waals surface area (Å²) in [4.78, 5) is 29.0. The fourth-order valence-electron chi connectivity index (χ4n) is 3.66. The van der Waals surface area contributed by atoms with Crippen LogP contribution in [0, 0.1) is 5.92 Å². The van der Waals surface area contributed by atoms with E-state index in [4.69, 9.17) is 11.6 Å². The molecule has 2 aliphatic rings. The zero-order valence-electron chi connectivity index (χ0n) is 14.7. The van der Waals surface area contributed by atoms with Crippen LogP contribution in [0.25, 0.3) is 0 Å². The molecule has 1 aromatic carbocycles. The van der Waals surface area contributed by atoms with E-state index in [-0.39, 0.29) is 23.9 Å². The van der Waals surface area contributed by atoms with Gasteiger partial charge in [0.1, 0.15) is 0 Å². The first-order valence-electron chi connectivity index (χ1n) is 9.14. The maximum atomic E-state index is 12.7. The highest BCUT2D eigenvalue weighted by molar-refractivity contribution is 6.30. The molecule has 2 atom stereocenters. The van der Waals surface area contributed by atoms with Gasteiger partial charge in [0.15, 0.2) is 0 Å². The molecule has 2 fully saturated rings. The lowest BCUT2D eigenvalue weighted by Crippen LogP contribution is -2.49. The van der Waals surface area contributed by atoms with Gasteiger partial charge in [-0.15, -0.1) is 0 Å². The average molecular weight is 364 g/mol. The Bertz CT molecular complexity index is 631. The monoisotopic (exact) mass is 363 g/mol. The second kappa shape index (κ2) is 8.09. The highest BCUT2D eigenvalue weighted by Crippen LogP contribution is 2.22. The van der Waals surface area contributed by atoms with Crippen LogP contribution >= 0.6 is 11.6 Å². The summed E-state index contributed by atoms with van der Waals surface area (Å²) >= 11 is 6.03. The largest absolute Gasteiger partial charge is 0.349 e. The van der Waals surface area contributed by atoms with Crippen LogP contribution in [0.3, 0.4) is 0 Å². The normalized spacial score (nSPS) is 21.9. The van der Waals surface area contributed by atoms with Crippen molar-refractivity contribution in [3.8, 4) is 0 Å². The van der Waals surface area contributed by atoms with E-state index in [1.54, 1.807) is 0 Å². The zero-order valence-corrected chi connectivity index (χ0v) is 15.5. The van der Waals surface area contributed by atoms with Crippen LogP contribution in [0.1, 0.15) is 44.2 Å². The molecular formula is C19H26ClN3O2. The van der Waals surface area contributed by atoms with Crippen LogP contribution in [0.2, 0.25) is 5.02 Å². The van der Waals surface area contributed by atoms with Crippen LogP contribution in [0.5, 0.6) is 0 Å². The van der Waals surface area contributed by atoms with Crippen molar-refractivity contribution in [1.82, 2.24) is 15.1 Å². The van der Waals surface area contributed by atoms with Crippen molar-refractivity contribution in [1.29, 1.82) is 0 Å². The Morgan fingerprint density at radius 1 is 1.16 bits per heavy atom. The molecule has 0 bridgehead atoms. The molecular weight excluding hydrogens is 338 g/mol. The number of rotatable bonds is 3. The fourth-order valence-corrected chi connectivity index (χ4v) is 3.86. The Labute approximate surface area is 154 Å². The number of carbonyl (C=O) groups is 2. The molecule has 0 unspecified atom stereocenters. The number of carbonyl (C=O) groups excluding carboxylic acids is 2. The highest BCUT2D eigenvalue weighted by atomic mass is 35.5. The number of hydrogen-bond donors (Lipinski definition) is 1. The van der Waals surface area contributed by atoms with Crippen LogP contribution in [0.15, 0.2) is 24.3 Å². The van der Waals surface area contributed by atoms with Crippen molar-refractivity contribution in [2.45, 2.75) is 38.6 Å². The fraction of sp³-hybridized carbons (Fsp3) is 0.579. The Hall–Kier alpha value is -1.75. The molecule has 0 aliphatic carbocycles. The number of urea groups is 1. The van der Waals surface area contributed by atoms with Gasteiger partial charge in [0.05, 0.1) is 12.0 Å². The topological polar surface area (TPSA) is 52.7 Å². The van der Waals surface area contributed by atoms with Crippen molar-refractivity contribution in [2.24, 2.45) is 5.92 Å². The standard InChI is InChI=1S/C19H26ClN3O2/c1-14(15-6-4-8-17(20)12-15)21-18(24)16-7-5-11-23(13-16)19(25)22-9-2-3-10-22/h4,6,8,12,14,16H,2-3,5,7,9-11,13H2,1H3,(H,21,24)/t14-,16-/m0/s1. The Morgan fingerprint density at radius 2 is 1.88 bits per heavy atom. The van der Waals surface area contributed by atoms with Crippen molar-refractivity contribution in [3.63, 3.8) is 0 Å². The Balaban J connectivity index is 1.57. The minimum Gasteiger partial charge on any atom is -0.349 e. The summed E-state index contributed by atoms with van der Waals surface area (Å²) in [6, 6.07) is 7.53. The predicted octanol–water partition coefficient (Wildman–Crippen LogP) is 3.45. The van der Waals surface area contributed by atoms with E-state index in [2.05, 4.69) is 5.32 Å². The molecule has 1 aromatic rings. The van der Waals surface area contributed by atoms with E-state index in [0.29, 0.717) is 11.6 Å². The van der Waals surface area contributed by atoms with Gasteiger partial charge in [-0.3, -0.25) is 4.79 Å². The van der Waals surface area contributed by atoms with Crippen molar-refractivity contribution >= 4 is 23.5 Å². The molecule has 0 radical (unpaired) electrons.